The number of rotatable bonds is 13. The number of aliphatic carboxylic acids is 1. The van der Waals surface area contributed by atoms with Crippen molar-refractivity contribution in [3.05, 3.63) is 82.2 Å². The Balaban J connectivity index is 1.47. The first kappa shape index (κ1) is 32.3. The largest absolute Gasteiger partial charge is 0.494 e. The molecular formula is C36H43FN2O6. The highest BCUT2D eigenvalue weighted by molar-refractivity contribution is 5.94. The Kier molecular flexibility index (Phi) is 10.3. The molecule has 240 valence electrons. The topological polar surface area (TPSA) is 97.3 Å². The lowest BCUT2D eigenvalue weighted by Gasteiger charge is -2.27. The van der Waals surface area contributed by atoms with Crippen LogP contribution in [0.5, 0.6) is 17.2 Å². The Hall–Kier alpha value is -4.11. The number of aryl methyl sites for hydroxylation is 3. The van der Waals surface area contributed by atoms with Crippen LogP contribution in [0, 0.1) is 18.7 Å². The molecule has 0 aliphatic carbocycles. The van der Waals surface area contributed by atoms with Crippen LogP contribution in [-0.4, -0.2) is 48.4 Å². The van der Waals surface area contributed by atoms with Gasteiger partial charge in [0.25, 0.3) is 0 Å². The molecule has 2 aliphatic heterocycles. The van der Waals surface area contributed by atoms with Crippen molar-refractivity contribution in [2.24, 2.45) is 5.92 Å². The van der Waals surface area contributed by atoms with Gasteiger partial charge >= 0.3 is 5.97 Å². The zero-order valence-electron chi connectivity index (χ0n) is 26.5. The van der Waals surface area contributed by atoms with Crippen molar-refractivity contribution in [3.8, 4) is 17.2 Å². The summed E-state index contributed by atoms with van der Waals surface area (Å²) in [6.45, 7) is 9.02. The third-order valence-electron chi connectivity index (χ3n) is 8.82. The molecule has 1 saturated heterocycles. The minimum atomic E-state index is -1.02. The zero-order valence-corrected chi connectivity index (χ0v) is 26.5. The van der Waals surface area contributed by atoms with Crippen molar-refractivity contribution in [1.29, 1.82) is 0 Å². The molecule has 1 fully saturated rings. The lowest BCUT2D eigenvalue weighted by atomic mass is 9.82. The molecule has 0 spiro atoms. The van der Waals surface area contributed by atoms with Crippen LogP contribution >= 0.6 is 0 Å². The number of unbranched alkanes of at least 4 members (excludes halogenated alkanes) is 2. The number of carboxylic acid groups (broad SMARTS) is 1. The SMILES string of the molecule is CCCCCOc1ccc([C@H]2C(C(=O)O)[C@@H](c3cc(F)c4c(c3)OCO4)CN2CC(=O)Nc2c(CC)cc(C)cc2CC)cc1. The number of carboxylic acids is 1. The van der Waals surface area contributed by atoms with Crippen LogP contribution in [0.15, 0.2) is 48.5 Å². The van der Waals surface area contributed by atoms with Gasteiger partial charge in [-0.05, 0) is 72.7 Å². The predicted octanol–water partition coefficient (Wildman–Crippen LogP) is 7.04. The van der Waals surface area contributed by atoms with Crippen LogP contribution in [0.2, 0.25) is 0 Å². The summed E-state index contributed by atoms with van der Waals surface area (Å²) >= 11 is 0. The summed E-state index contributed by atoms with van der Waals surface area (Å²) in [7, 11) is 0. The second kappa shape index (κ2) is 14.3. The summed E-state index contributed by atoms with van der Waals surface area (Å²) in [6, 6.07) is 14.0. The molecule has 45 heavy (non-hydrogen) atoms. The van der Waals surface area contributed by atoms with Gasteiger partial charge in [0.15, 0.2) is 11.6 Å². The summed E-state index contributed by atoms with van der Waals surface area (Å²) in [6.07, 6.45) is 4.67. The minimum absolute atomic E-state index is 0.0301. The number of fused-ring (bicyclic) bond motifs is 1. The maximum Gasteiger partial charge on any atom is 0.309 e. The summed E-state index contributed by atoms with van der Waals surface area (Å²) in [5, 5.41) is 13.8. The minimum Gasteiger partial charge on any atom is -0.494 e. The van der Waals surface area contributed by atoms with Gasteiger partial charge in [-0.1, -0.05) is 63.4 Å². The highest BCUT2D eigenvalue weighted by Gasteiger charge is 2.48. The number of hydrogen-bond acceptors (Lipinski definition) is 6. The molecule has 3 aromatic rings. The van der Waals surface area contributed by atoms with Gasteiger partial charge in [-0.15, -0.1) is 0 Å². The van der Waals surface area contributed by atoms with Crippen molar-refractivity contribution in [2.75, 3.05) is 31.8 Å². The molecular weight excluding hydrogens is 575 g/mol. The van der Waals surface area contributed by atoms with Gasteiger partial charge in [0.05, 0.1) is 19.1 Å². The van der Waals surface area contributed by atoms with Crippen LogP contribution in [0.3, 0.4) is 0 Å². The average molecular weight is 619 g/mol. The lowest BCUT2D eigenvalue weighted by molar-refractivity contribution is -0.143. The number of halogens is 1. The number of carbonyl (C=O) groups excluding carboxylic acids is 1. The number of anilines is 1. The van der Waals surface area contributed by atoms with E-state index < -0.39 is 29.7 Å². The average Bonchev–Trinajstić information content (AvgIpc) is 3.66. The quantitative estimate of drug-likeness (QED) is 0.198. The van der Waals surface area contributed by atoms with E-state index in [2.05, 4.69) is 38.2 Å². The molecule has 0 saturated carbocycles. The number of ether oxygens (including phenoxy) is 3. The Morgan fingerprint density at radius 2 is 1.71 bits per heavy atom. The normalized spacial score (nSPS) is 19.1. The summed E-state index contributed by atoms with van der Waals surface area (Å²) in [5.74, 6) is -2.42. The molecule has 0 bridgehead atoms. The van der Waals surface area contributed by atoms with E-state index >= 15 is 4.39 Å². The molecule has 2 aliphatic rings. The number of nitrogens with zero attached hydrogens (tertiary/aromatic N) is 1. The molecule has 1 amide bonds. The van der Waals surface area contributed by atoms with E-state index in [0.717, 1.165) is 60.0 Å². The first-order valence-electron chi connectivity index (χ1n) is 15.9. The summed E-state index contributed by atoms with van der Waals surface area (Å²) < 4.78 is 31.6. The highest BCUT2D eigenvalue weighted by Crippen LogP contribution is 2.48. The number of nitrogens with one attached hydrogen (secondary N) is 1. The van der Waals surface area contributed by atoms with Crippen molar-refractivity contribution < 1.29 is 33.3 Å². The third kappa shape index (κ3) is 7.09. The third-order valence-corrected chi connectivity index (χ3v) is 8.82. The van der Waals surface area contributed by atoms with Crippen LogP contribution in [0.1, 0.15) is 79.8 Å². The summed E-state index contributed by atoms with van der Waals surface area (Å²) in [4.78, 5) is 28.6. The predicted molar refractivity (Wildman–Crippen MR) is 171 cm³/mol. The molecule has 8 nitrogen and oxygen atoms in total. The van der Waals surface area contributed by atoms with Crippen molar-refractivity contribution >= 4 is 17.6 Å². The molecule has 2 N–H and O–H groups in total. The Bertz CT molecular complexity index is 1500. The fourth-order valence-corrected chi connectivity index (χ4v) is 6.66. The molecule has 0 aromatic heterocycles. The lowest BCUT2D eigenvalue weighted by Crippen LogP contribution is -2.35. The van der Waals surface area contributed by atoms with Gasteiger partial charge in [-0.3, -0.25) is 14.5 Å². The van der Waals surface area contributed by atoms with Crippen LogP contribution in [0.25, 0.3) is 0 Å². The maximum atomic E-state index is 15.0. The van der Waals surface area contributed by atoms with E-state index in [4.69, 9.17) is 14.2 Å². The van der Waals surface area contributed by atoms with Crippen LogP contribution in [0.4, 0.5) is 10.1 Å². The fourth-order valence-electron chi connectivity index (χ4n) is 6.66. The Morgan fingerprint density at radius 3 is 2.36 bits per heavy atom. The first-order valence-corrected chi connectivity index (χ1v) is 15.9. The molecule has 9 heteroatoms. The van der Waals surface area contributed by atoms with E-state index in [1.807, 2.05) is 36.1 Å². The fraction of sp³-hybridized carbons (Fsp3) is 0.444. The molecule has 1 unspecified atom stereocenters. The highest BCUT2D eigenvalue weighted by atomic mass is 19.1. The number of hydrogen-bond donors (Lipinski definition) is 2. The second-order valence-corrected chi connectivity index (χ2v) is 11.9. The second-order valence-electron chi connectivity index (χ2n) is 11.9. The Morgan fingerprint density at radius 1 is 1.00 bits per heavy atom. The van der Waals surface area contributed by atoms with E-state index in [1.165, 1.54) is 6.07 Å². The van der Waals surface area contributed by atoms with E-state index in [1.54, 1.807) is 6.07 Å². The van der Waals surface area contributed by atoms with E-state index in [9.17, 15) is 14.7 Å². The van der Waals surface area contributed by atoms with E-state index in [0.29, 0.717) is 17.9 Å². The monoisotopic (exact) mass is 618 g/mol. The molecule has 3 aromatic carbocycles. The van der Waals surface area contributed by atoms with Gasteiger partial charge in [0.2, 0.25) is 18.4 Å². The van der Waals surface area contributed by atoms with Gasteiger partial charge in [-0.2, -0.15) is 0 Å². The first-order chi connectivity index (χ1) is 21.7. The van der Waals surface area contributed by atoms with Gasteiger partial charge in [0, 0.05) is 24.2 Å². The van der Waals surface area contributed by atoms with E-state index in [-0.39, 0.29) is 37.3 Å². The van der Waals surface area contributed by atoms with Gasteiger partial charge in [-0.25, -0.2) is 4.39 Å². The summed E-state index contributed by atoms with van der Waals surface area (Å²) in [5.41, 5.74) is 5.32. The number of likely N-dealkylation sites (tertiary alicyclic amines) is 1. The van der Waals surface area contributed by atoms with Crippen LogP contribution in [-0.2, 0) is 22.4 Å². The molecule has 0 radical (unpaired) electrons. The molecule has 3 atom stereocenters. The van der Waals surface area contributed by atoms with Gasteiger partial charge in [0.1, 0.15) is 5.75 Å². The zero-order chi connectivity index (χ0) is 32.1. The standard InChI is InChI=1S/C36H43FN2O6/c1-5-8-9-14-43-27-12-10-25(11-13-27)34-32(36(41)42)28(26-17-29(37)35-30(18-26)44-21-45-35)19-39(34)20-31(40)38-33-23(6-2)15-22(4)16-24(33)7-3/h10-13,15-18,28,32,34H,5-9,14,19-21H2,1-4H3,(H,38,40)(H,41,42)/t28-,32?,34+/m1/s1. The van der Waals surface area contributed by atoms with Crippen LogP contribution < -0.4 is 19.5 Å². The number of carbonyl (C=O) groups is 2. The van der Waals surface area contributed by atoms with Crippen molar-refractivity contribution in [1.82, 2.24) is 4.90 Å². The van der Waals surface area contributed by atoms with Crippen molar-refractivity contribution in [3.63, 3.8) is 0 Å². The van der Waals surface area contributed by atoms with Crippen molar-refractivity contribution in [2.45, 2.75) is 71.8 Å². The number of amides is 1. The smallest absolute Gasteiger partial charge is 0.309 e. The van der Waals surface area contributed by atoms with Gasteiger partial charge < -0.3 is 24.6 Å². The Labute approximate surface area is 264 Å². The maximum absolute atomic E-state index is 15.0. The molecule has 5 rings (SSSR count). The molecule has 2 heterocycles. The number of benzene rings is 3.